The molecule has 0 fully saturated rings. The predicted octanol–water partition coefficient (Wildman–Crippen LogP) is 2.61. The van der Waals surface area contributed by atoms with Crippen LogP contribution in [0.4, 0.5) is 5.69 Å². The van der Waals surface area contributed by atoms with E-state index in [4.69, 9.17) is 4.42 Å². The maximum atomic E-state index is 12.4. The molecular weight excluding hydrogens is 358 g/mol. The number of carbonyl (C=O) groups excluding carboxylic acids is 2. The number of aromatic nitrogens is 1. The van der Waals surface area contributed by atoms with E-state index in [2.05, 4.69) is 10.6 Å². The summed E-state index contributed by atoms with van der Waals surface area (Å²) in [7, 11) is 1.60. The Morgan fingerprint density at radius 2 is 1.86 bits per heavy atom. The predicted molar refractivity (Wildman–Crippen MR) is 107 cm³/mol. The minimum Gasteiger partial charge on any atom is -0.408 e. The number of fused-ring (bicyclic) bond motifs is 1. The molecule has 0 aliphatic rings. The van der Waals surface area contributed by atoms with Crippen molar-refractivity contribution in [2.45, 2.75) is 32.7 Å². The summed E-state index contributed by atoms with van der Waals surface area (Å²) in [5.74, 6) is -0.733. The Labute approximate surface area is 162 Å². The van der Waals surface area contributed by atoms with Gasteiger partial charge in [-0.2, -0.15) is 0 Å². The molecule has 0 bridgehead atoms. The summed E-state index contributed by atoms with van der Waals surface area (Å²) in [6.07, 6.45) is 1.01. The standard InChI is InChI=1S/C21H23N3O4/c1-14-7-9-18-17(13-14)24(21(27)28-18)12-11-20(26)23-16-6-4-3-5-15(16)8-10-19(25)22-2/h3-7,9,13H,8,10-12H2,1-2H3,(H,22,25)(H,23,26). The Morgan fingerprint density at radius 3 is 2.64 bits per heavy atom. The van der Waals surface area contributed by atoms with E-state index in [1.807, 2.05) is 37.3 Å². The summed E-state index contributed by atoms with van der Waals surface area (Å²) < 4.78 is 6.70. The van der Waals surface area contributed by atoms with Crippen molar-refractivity contribution in [3.63, 3.8) is 0 Å². The largest absolute Gasteiger partial charge is 0.419 e. The summed E-state index contributed by atoms with van der Waals surface area (Å²) in [4.78, 5) is 36.0. The lowest BCUT2D eigenvalue weighted by Crippen LogP contribution is -2.21. The summed E-state index contributed by atoms with van der Waals surface area (Å²) in [6.45, 7) is 2.16. The molecule has 1 aromatic heterocycles. The molecule has 7 heteroatoms. The number of anilines is 1. The molecule has 2 N–H and O–H groups in total. The first-order valence-electron chi connectivity index (χ1n) is 9.16. The number of aryl methyl sites for hydroxylation is 3. The minimum atomic E-state index is -0.473. The van der Waals surface area contributed by atoms with Gasteiger partial charge in [0.15, 0.2) is 5.58 Å². The second kappa shape index (κ2) is 8.56. The summed E-state index contributed by atoms with van der Waals surface area (Å²) in [5, 5.41) is 5.46. The molecule has 0 radical (unpaired) electrons. The first-order chi connectivity index (χ1) is 13.5. The van der Waals surface area contributed by atoms with E-state index in [0.29, 0.717) is 29.6 Å². The van der Waals surface area contributed by atoms with Crippen LogP contribution in [0.15, 0.2) is 51.7 Å². The summed E-state index contributed by atoms with van der Waals surface area (Å²) in [5.41, 5.74) is 3.77. The highest BCUT2D eigenvalue weighted by Crippen LogP contribution is 2.18. The molecule has 0 aliphatic carbocycles. The normalized spacial score (nSPS) is 10.8. The Morgan fingerprint density at radius 1 is 1.07 bits per heavy atom. The third-order valence-corrected chi connectivity index (χ3v) is 4.58. The van der Waals surface area contributed by atoms with Gasteiger partial charge in [-0.05, 0) is 42.7 Å². The average Bonchev–Trinajstić information content (AvgIpc) is 2.99. The highest BCUT2D eigenvalue weighted by atomic mass is 16.4. The number of carbonyl (C=O) groups is 2. The van der Waals surface area contributed by atoms with Crippen molar-refractivity contribution in [3.8, 4) is 0 Å². The van der Waals surface area contributed by atoms with Gasteiger partial charge in [-0.3, -0.25) is 14.2 Å². The number of hydrogen-bond donors (Lipinski definition) is 2. The van der Waals surface area contributed by atoms with Crippen molar-refractivity contribution < 1.29 is 14.0 Å². The average molecular weight is 381 g/mol. The van der Waals surface area contributed by atoms with Gasteiger partial charge in [0.1, 0.15) is 0 Å². The van der Waals surface area contributed by atoms with Crippen LogP contribution in [-0.4, -0.2) is 23.4 Å². The number of nitrogens with zero attached hydrogens (tertiary/aromatic N) is 1. The van der Waals surface area contributed by atoms with Gasteiger partial charge < -0.3 is 15.1 Å². The third-order valence-electron chi connectivity index (χ3n) is 4.58. The van der Waals surface area contributed by atoms with Crippen molar-refractivity contribution in [2.24, 2.45) is 0 Å². The van der Waals surface area contributed by atoms with Crippen molar-refractivity contribution in [2.75, 3.05) is 12.4 Å². The van der Waals surface area contributed by atoms with Crippen LogP contribution >= 0.6 is 0 Å². The van der Waals surface area contributed by atoms with E-state index in [0.717, 1.165) is 11.1 Å². The molecule has 0 saturated heterocycles. The third kappa shape index (κ3) is 4.49. The van der Waals surface area contributed by atoms with Crippen molar-refractivity contribution >= 4 is 28.6 Å². The SMILES string of the molecule is CNC(=O)CCc1ccccc1NC(=O)CCn1c(=O)oc2ccc(C)cc21. The van der Waals surface area contributed by atoms with Gasteiger partial charge >= 0.3 is 5.76 Å². The maximum absolute atomic E-state index is 12.4. The van der Waals surface area contributed by atoms with E-state index in [1.165, 1.54) is 4.57 Å². The lowest BCUT2D eigenvalue weighted by atomic mass is 10.1. The first kappa shape index (κ1) is 19.4. The molecule has 0 unspecified atom stereocenters. The van der Waals surface area contributed by atoms with E-state index < -0.39 is 5.76 Å². The first-order valence-corrected chi connectivity index (χ1v) is 9.16. The minimum absolute atomic E-state index is 0.0531. The van der Waals surface area contributed by atoms with E-state index in [-0.39, 0.29) is 24.8 Å². The number of hydrogen-bond acceptors (Lipinski definition) is 4. The van der Waals surface area contributed by atoms with Gasteiger partial charge in [-0.1, -0.05) is 24.3 Å². The van der Waals surface area contributed by atoms with Crippen molar-refractivity contribution in [1.29, 1.82) is 0 Å². The molecule has 3 aromatic rings. The molecule has 0 saturated carbocycles. The van der Waals surface area contributed by atoms with Crippen LogP contribution in [0.5, 0.6) is 0 Å². The number of para-hydroxylation sites is 1. The molecule has 0 aliphatic heterocycles. The molecule has 3 rings (SSSR count). The lowest BCUT2D eigenvalue weighted by molar-refractivity contribution is -0.120. The summed E-state index contributed by atoms with van der Waals surface area (Å²) in [6, 6.07) is 12.9. The molecule has 0 atom stereocenters. The molecular formula is C21H23N3O4. The van der Waals surface area contributed by atoms with Crippen LogP contribution in [-0.2, 0) is 22.6 Å². The zero-order valence-electron chi connectivity index (χ0n) is 16.0. The number of nitrogens with one attached hydrogen (secondary N) is 2. The fourth-order valence-electron chi connectivity index (χ4n) is 3.04. The molecule has 7 nitrogen and oxygen atoms in total. The Bertz CT molecular complexity index is 1060. The number of rotatable bonds is 7. The smallest absolute Gasteiger partial charge is 0.408 e. The molecule has 0 spiro atoms. The molecule has 2 amide bonds. The highest BCUT2D eigenvalue weighted by molar-refractivity contribution is 5.91. The zero-order chi connectivity index (χ0) is 20.1. The number of amides is 2. The second-order valence-corrected chi connectivity index (χ2v) is 6.62. The van der Waals surface area contributed by atoms with E-state index in [9.17, 15) is 14.4 Å². The maximum Gasteiger partial charge on any atom is 0.419 e. The molecule has 28 heavy (non-hydrogen) atoms. The Kier molecular flexibility index (Phi) is 5.93. The van der Waals surface area contributed by atoms with Gasteiger partial charge in [-0.15, -0.1) is 0 Å². The van der Waals surface area contributed by atoms with Crippen LogP contribution in [0, 0.1) is 6.92 Å². The monoisotopic (exact) mass is 381 g/mol. The zero-order valence-corrected chi connectivity index (χ0v) is 16.0. The van der Waals surface area contributed by atoms with Gasteiger partial charge in [0.25, 0.3) is 0 Å². The van der Waals surface area contributed by atoms with Gasteiger partial charge in [0, 0.05) is 32.1 Å². The molecule has 1 heterocycles. The van der Waals surface area contributed by atoms with Crippen LogP contribution in [0.25, 0.3) is 11.1 Å². The topological polar surface area (TPSA) is 93.3 Å². The van der Waals surface area contributed by atoms with E-state index >= 15 is 0 Å². The van der Waals surface area contributed by atoms with Gasteiger partial charge in [0.2, 0.25) is 11.8 Å². The quantitative estimate of drug-likeness (QED) is 0.658. The summed E-state index contributed by atoms with van der Waals surface area (Å²) >= 11 is 0. The Balaban J connectivity index is 1.67. The van der Waals surface area contributed by atoms with E-state index in [1.54, 1.807) is 19.2 Å². The van der Waals surface area contributed by atoms with Crippen LogP contribution < -0.4 is 16.4 Å². The van der Waals surface area contributed by atoms with Crippen molar-refractivity contribution in [1.82, 2.24) is 9.88 Å². The van der Waals surface area contributed by atoms with Gasteiger partial charge in [-0.25, -0.2) is 4.79 Å². The second-order valence-electron chi connectivity index (χ2n) is 6.62. The highest BCUT2D eigenvalue weighted by Gasteiger charge is 2.12. The van der Waals surface area contributed by atoms with Crippen molar-refractivity contribution in [3.05, 3.63) is 64.1 Å². The lowest BCUT2D eigenvalue weighted by Gasteiger charge is -2.11. The van der Waals surface area contributed by atoms with Gasteiger partial charge in [0.05, 0.1) is 5.52 Å². The molecule has 2 aromatic carbocycles. The fraction of sp³-hybridized carbons (Fsp3) is 0.286. The molecule has 146 valence electrons. The number of oxazole rings is 1. The fourth-order valence-corrected chi connectivity index (χ4v) is 3.04. The Hall–Kier alpha value is -3.35. The van der Waals surface area contributed by atoms with Crippen LogP contribution in [0.1, 0.15) is 24.0 Å². The number of benzene rings is 2. The van der Waals surface area contributed by atoms with Crippen LogP contribution in [0.3, 0.4) is 0 Å². The van der Waals surface area contributed by atoms with Crippen LogP contribution in [0.2, 0.25) is 0 Å².